The summed E-state index contributed by atoms with van der Waals surface area (Å²) in [4.78, 5) is 4.93. The van der Waals surface area contributed by atoms with Gasteiger partial charge in [-0.05, 0) is 6.07 Å². The van der Waals surface area contributed by atoms with E-state index in [0.29, 0.717) is 0 Å². The minimum Gasteiger partial charge on any atom is -0.310 e. The van der Waals surface area contributed by atoms with Crippen molar-refractivity contribution in [2.45, 2.75) is 19.0 Å². The van der Waals surface area contributed by atoms with Crippen molar-refractivity contribution < 1.29 is 8.78 Å². The molecule has 2 atom stereocenters. The molecule has 1 aliphatic rings. The van der Waals surface area contributed by atoms with Crippen molar-refractivity contribution in [3.8, 4) is 6.19 Å². The van der Waals surface area contributed by atoms with Gasteiger partial charge in [0.25, 0.3) is 0 Å². The van der Waals surface area contributed by atoms with Crippen LogP contribution in [-0.4, -0.2) is 23.0 Å². The minimum absolute atomic E-state index is 0.0562. The number of rotatable bonds is 1. The van der Waals surface area contributed by atoms with Crippen LogP contribution < -0.4 is 0 Å². The molecule has 2 rings (SSSR count). The van der Waals surface area contributed by atoms with Crippen LogP contribution in [0, 0.1) is 23.3 Å². The first-order chi connectivity index (χ1) is 8.47. The monoisotopic (exact) mass is 271 g/mol. The van der Waals surface area contributed by atoms with E-state index in [-0.39, 0.29) is 30.1 Å². The lowest BCUT2D eigenvalue weighted by Gasteiger charge is -2.39. The molecule has 0 N–H and O–H groups in total. The van der Waals surface area contributed by atoms with E-state index in [1.54, 1.807) is 6.92 Å². The van der Waals surface area contributed by atoms with E-state index in [1.807, 2.05) is 6.19 Å². The fourth-order valence-corrected chi connectivity index (χ4v) is 2.47. The summed E-state index contributed by atoms with van der Waals surface area (Å²) in [5, 5.41) is 9.00. The Labute approximate surface area is 109 Å². The third-order valence-corrected chi connectivity index (χ3v) is 3.62. The van der Waals surface area contributed by atoms with Crippen LogP contribution in [0.4, 0.5) is 8.78 Å². The summed E-state index contributed by atoms with van der Waals surface area (Å²) in [6, 6.07) is 1.28. The predicted octanol–water partition coefficient (Wildman–Crippen LogP) is 2.86. The van der Waals surface area contributed by atoms with E-state index in [0.717, 1.165) is 6.20 Å². The van der Waals surface area contributed by atoms with E-state index >= 15 is 0 Å². The maximum atomic E-state index is 15.0. The van der Waals surface area contributed by atoms with Crippen LogP contribution in [0.5, 0.6) is 0 Å². The molecule has 0 bridgehead atoms. The fourth-order valence-electron chi connectivity index (χ4n) is 2.32. The smallest absolute Gasteiger partial charge is 0.219 e. The number of hydrogen-bond acceptors (Lipinski definition) is 3. The first-order valence-electron chi connectivity index (χ1n) is 5.62. The van der Waals surface area contributed by atoms with Crippen LogP contribution in [0.2, 0.25) is 5.02 Å². The zero-order valence-electron chi connectivity index (χ0n) is 9.83. The van der Waals surface area contributed by atoms with Crippen LogP contribution in [-0.2, 0) is 5.67 Å². The topological polar surface area (TPSA) is 39.9 Å². The summed E-state index contributed by atoms with van der Waals surface area (Å²) in [7, 11) is 0. The normalized spacial score (nSPS) is 27.9. The molecular formula is C12H12ClF2N3. The first kappa shape index (κ1) is 13.0. The SMILES string of the molecule is C[C@H]1CN(C#N)CC[C@]1(F)c1cc(Cl)cnc1F. The Hall–Kier alpha value is -1.41. The van der Waals surface area contributed by atoms with Crippen LogP contribution in [0.25, 0.3) is 0 Å². The molecule has 0 spiro atoms. The zero-order valence-corrected chi connectivity index (χ0v) is 10.6. The summed E-state index contributed by atoms with van der Waals surface area (Å²) in [6.45, 7) is 2.19. The molecule has 2 heterocycles. The average molecular weight is 272 g/mol. The van der Waals surface area contributed by atoms with Gasteiger partial charge < -0.3 is 4.90 Å². The van der Waals surface area contributed by atoms with Crippen LogP contribution in [0.3, 0.4) is 0 Å². The van der Waals surface area contributed by atoms with Crippen LogP contribution in [0.15, 0.2) is 12.3 Å². The molecule has 96 valence electrons. The highest BCUT2D eigenvalue weighted by atomic mass is 35.5. The number of nitrogens with zero attached hydrogens (tertiary/aromatic N) is 3. The average Bonchev–Trinajstić information content (AvgIpc) is 2.35. The second-order valence-corrected chi connectivity index (χ2v) is 4.99. The number of halogens is 3. The number of pyridine rings is 1. The lowest BCUT2D eigenvalue weighted by atomic mass is 9.79. The number of piperidine rings is 1. The van der Waals surface area contributed by atoms with Crippen LogP contribution >= 0.6 is 11.6 Å². The summed E-state index contributed by atoms with van der Waals surface area (Å²) >= 11 is 5.74. The van der Waals surface area contributed by atoms with E-state index in [1.165, 1.54) is 11.0 Å². The minimum atomic E-state index is -1.82. The van der Waals surface area contributed by atoms with Gasteiger partial charge in [-0.2, -0.15) is 9.65 Å². The molecule has 6 heteroatoms. The van der Waals surface area contributed by atoms with Gasteiger partial charge in [0.15, 0.2) is 6.19 Å². The number of aromatic nitrogens is 1. The third kappa shape index (κ3) is 2.13. The second kappa shape index (κ2) is 4.69. The number of alkyl halides is 1. The van der Waals surface area contributed by atoms with Gasteiger partial charge in [-0.1, -0.05) is 18.5 Å². The molecule has 1 saturated heterocycles. The number of hydrogen-bond donors (Lipinski definition) is 0. The Morgan fingerprint density at radius 1 is 1.67 bits per heavy atom. The number of likely N-dealkylation sites (tertiary alicyclic amines) is 1. The van der Waals surface area contributed by atoms with Gasteiger partial charge in [0.05, 0.1) is 5.02 Å². The van der Waals surface area contributed by atoms with Gasteiger partial charge in [-0.3, -0.25) is 0 Å². The predicted molar refractivity (Wildman–Crippen MR) is 63.0 cm³/mol. The Balaban J connectivity index is 2.37. The molecule has 1 aromatic rings. The van der Waals surface area contributed by atoms with E-state index in [9.17, 15) is 8.78 Å². The molecule has 1 aromatic heterocycles. The highest BCUT2D eigenvalue weighted by molar-refractivity contribution is 6.30. The molecule has 0 amide bonds. The molecular weight excluding hydrogens is 260 g/mol. The standard InChI is InChI=1S/C12H12ClF2N3/c1-8-6-18(7-16)3-2-12(8,15)10-4-9(13)5-17-11(10)14/h4-5,8H,2-3,6H2,1H3/t8-,12+/m0/s1. The summed E-state index contributed by atoms with van der Waals surface area (Å²) in [6.07, 6.45) is 3.19. The van der Waals surface area contributed by atoms with Crippen molar-refractivity contribution in [1.29, 1.82) is 5.26 Å². The molecule has 1 fully saturated rings. The molecule has 18 heavy (non-hydrogen) atoms. The quantitative estimate of drug-likeness (QED) is 0.582. The van der Waals surface area contributed by atoms with Gasteiger partial charge in [-0.15, -0.1) is 0 Å². The van der Waals surface area contributed by atoms with Crippen molar-refractivity contribution in [2.75, 3.05) is 13.1 Å². The van der Waals surface area contributed by atoms with Crippen molar-refractivity contribution in [2.24, 2.45) is 5.92 Å². The van der Waals surface area contributed by atoms with Crippen LogP contribution in [0.1, 0.15) is 18.9 Å². The lowest BCUT2D eigenvalue weighted by Crippen LogP contribution is -2.45. The Morgan fingerprint density at radius 3 is 3.00 bits per heavy atom. The molecule has 0 aromatic carbocycles. The van der Waals surface area contributed by atoms with Crippen molar-refractivity contribution in [3.05, 3.63) is 28.8 Å². The highest BCUT2D eigenvalue weighted by Crippen LogP contribution is 2.42. The zero-order chi connectivity index (χ0) is 13.3. The molecule has 3 nitrogen and oxygen atoms in total. The van der Waals surface area contributed by atoms with E-state index in [4.69, 9.17) is 16.9 Å². The largest absolute Gasteiger partial charge is 0.310 e. The highest BCUT2D eigenvalue weighted by Gasteiger charge is 2.44. The van der Waals surface area contributed by atoms with Crippen molar-refractivity contribution >= 4 is 11.6 Å². The Kier molecular flexibility index (Phi) is 3.40. The van der Waals surface area contributed by atoms with Gasteiger partial charge >= 0.3 is 0 Å². The first-order valence-corrected chi connectivity index (χ1v) is 6.00. The van der Waals surface area contributed by atoms with Gasteiger partial charge in [0.1, 0.15) is 5.67 Å². The maximum Gasteiger partial charge on any atom is 0.219 e. The van der Waals surface area contributed by atoms with Gasteiger partial charge in [0, 0.05) is 37.2 Å². The summed E-state index contributed by atoms with van der Waals surface area (Å²) < 4.78 is 28.6. The molecule has 0 saturated carbocycles. The molecule has 1 aliphatic heterocycles. The Bertz CT molecular complexity index is 503. The van der Waals surface area contributed by atoms with Gasteiger partial charge in [-0.25, -0.2) is 9.37 Å². The van der Waals surface area contributed by atoms with E-state index < -0.39 is 17.5 Å². The molecule has 0 unspecified atom stereocenters. The summed E-state index contributed by atoms with van der Waals surface area (Å²) in [5.41, 5.74) is -1.94. The summed E-state index contributed by atoms with van der Waals surface area (Å²) in [5.74, 6) is -1.33. The Morgan fingerprint density at radius 2 is 2.39 bits per heavy atom. The second-order valence-electron chi connectivity index (χ2n) is 4.55. The van der Waals surface area contributed by atoms with Crippen molar-refractivity contribution in [3.63, 3.8) is 0 Å². The third-order valence-electron chi connectivity index (χ3n) is 3.42. The molecule has 0 radical (unpaired) electrons. The maximum absolute atomic E-state index is 15.0. The number of nitriles is 1. The molecule has 0 aliphatic carbocycles. The lowest BCUT2D eigenvalue weighted by molar-refractivity contribution is 0.0167. The van der Waals surface area contributed by atoms with E-state index in [2.05, 4.69) is 4.98 Å². The fraction of sp³-hybridized carbons (Fsp3) is 0.500. The van der Waals surface area contributed by atoms with Gasteiger partial charge in [0.2, 0.25) is 5.95 Å². The van der Waals surface area contributed by atoms with Crippen molar-refractivity contribution in [1.82, 2.24) is 9.88 Å².